The van der Waals surface area contributed by atoms with Gasteiger partial charge in [0.1, 0.15) is 10.7 Å². The second kappa shape index (κ2) is 8.58. The maximum absolute atomic E-state index is 12.5. The summed E-state index contributed by atoms with van der Waals surface area (Å²) >= 11 is 1.65. The molecule has 25 heavy (non-hydrogen) atoms. The summed E-state index contributed by atoms with van der Waals surface area (Å²) in [5.74, 6) is 0.571. The van der Waals surface area contributed by atoms with E-state index in [0.717, 1.165) is 35.9 Å². The minimum atomic E-state index is -0.0556. The topological polar surface area (TPSA) is 84.1 Å². The van der Waals surface area contributed by atoms with Crippen LogP contribution in [-0.2, 0) is 28.8 Å². The monoisotopic (exact) mass is 363 g/mol. The number of rotatable bonds is 7. The lowest BCUT2D eigenvalue weighted by atomic mass is 10.1. The number of nitrogens with one attached hydrogen (secondary N) is 2. The molecule has 0 bridgehead atoms. The third-order valence-corrected chi connectivity index (χ3v) is 5.75. The Morgan fingerprint density at radius 3 is 3.00 bits per heavy atom. The normalized spacial score (nSPS) is 14.3. The van der Waals surface area contributed by atoms with E-state index in [0.29, 0.717) is 31.8 Å². The summed E-state index contributed by atoms with van der Waals surface area (Å²) in [6.07, 6.45) is 7.15. The second-order valence-electron chi connectivity index (χ2n) is 6.45. The number of nitrogens with zero attached hydrogens (tertiary/aromatic N) is 1. The van der Waals surface area contributed by atoms with Crippen LogP contribution in [0.2, 0.25) is 0 Å². The molecule has 0 saturated carbocycles. The SMILES string of the molecule is COCCCNC(=O)CCc1nc2sc3c(c2c(=O)[nH]1)CCCCC3. The van der Waals surface area contributed by atoms with E-state index in [1.54, 1.807) is 18.4 Å². The van der Waals surface area contributed by atoms with Gasteiger partial charge in [0.2, 0.25) is 5.91 Å². The van der Waals surface area contributed by atoms with Crippen LogP contribution in [0.25, 0.3) is 10.2 Å². The third kappa shape index (κ3) is 4.46. The molecule has 1 amide bonds. The fourth-order valence-electron chi connectivity index (χ4n) is 3.27. The van der Waals surface area contributed by atoms with Gasteiger partial charge in [-0.15, -0.1) is 11.3 Å². The van der Waals surface area contributed by atoms with Crippen molar-refractivity contribution >= 4 is 27.5 Å². The van der Waals surface area contributed by atoms with Gasteiger partial charge in [-0.05, 0) is 37.7 Å². The zero-order valence-corrected chi connectivity index (χ0v) is 15.5. The van der Waals surface area contributed by atoms with Crippen LogP contribution in [0.1, 0.15) is 48.4 Å². The van der Waals surface area contributed by atoms with Gasteiger partial charge in [-0.25, -0.2) is 4.98 Å². The molecule has 136 valence electrons. The van der Waals surface area contributed by atoms with Gasteiger partial charge >= 0.3 is 0 Å². The Kier molecular flexibility index (Phi) is 6.20. The molecular formula is C18H25N3O3S. The summed E-state index contributed by atoms with van der Waals surface area (Å²) < 4.78 is 4.95. The van der Waals surface area contributed by atoms with Crippen molar-refractivity contribution in [1.82, 2.24) is 15.3 Å². The lowest BCUT2D eigenvalue weighted by Crippen LogP contribution is -2.26. The summed E-state index contributed by atoms with van der Waals surface area (Å²) in [5, 5.41) is 3.62. The minimum absolute atomic E-state index is 0.0270. The Morgan fingerprint density at radius 1 is 1.32 bits per heavy atom. The number of amides is 1. The van der Waals surface area contributed by atoms with E-state index in [1.807, 2.05) is 0 Å². The number of thiophene rings is 1. The first-order chi connectivity index (χ1) is 12.2. The van der Waals surface area contributed by atoms with Crippen molar-refractivity contribution in [1.29, 1.82) is 0 Å². The maximum Gasteiger partial charge on any atom is 0.259 e. The van der Waals surface area contributed by atoms with Crippen LogP contribution in [0.5, 0.6) is 0 Å². The van der Waals surface area contributed by atoms with E-state index in [-0.39, 0.29) is 11.5 Å². The summed E-state index contributed by atoms with van der Waals surface area (Å²) in [7, 11) is 1.64. The molecule has 0 fully saturated rings. The average molecular weight is 363 g/mol. The summed E-state index contributed by atoms with van der Waals surface area (Å²) in [4.78, 5) is 34.0. The van der Waals surface area contributed by atoms with Crippen LogP contribution in [0.4, 0.5) is 0 Å². The number of carbonyl (C=O) groups is 1. The fourth-order valence-corrected chi connectivity index (χ4v) is 4.55. The third-order valence-electron chi connectivity index (χ3n) is 4.56. The van der Waals surface area contributed by atoms with Crippen LogP contribution in [0.15, 0.2) is 4.79 Å². The zero-order chi connectivity index (χ0) is 17.6. The molecular weight excluding hydrogens is 338 g/mol. The highest BCUT2D eigenvalue weighted by atomic mass is 32.1. The van der Waals surface area contributed by atoms with Gasteiger partial charge in [0.05, 0.1) is 5.39 Å². The van der Waals surface area contributed by atoms with Crippen LogP contribution in [-0.4, -0.2) is 36.1 Å². The van der Waals surface area contributed by atoms with Crippen LogP contribution in [0.3, 0.4) is 0 Å². The molecule has 2 aromatic heterocycles. The first-order valence-corrected chi connectivity index (χ1v) is 9.79. The highest BCUT2D eigenvalue weighted by Gasteiger charge is 2.19. The molecule has 0 aromatic carbocycles. The average Bonchev–Trinajstić information content (AvgIpc) is 2.79. The molecule has 0 aliphatic heterocycles. The number of fused-ring (bicyclic) bond motifs is 3. The molecule has 0 radical (unpaired) electrons. The molecule has 6 nitrogen and oxygen atoms in total. The summed E-state index contributed by atoms with van der Waals surface area (Å²) in [5.41, 5.74) is 1.15. The van der Waals surface area contributed by atoms with Crippen molar-refractivity contribution in [3.05, 3.63) is 26.6 Å². The van der Waals surface area contributed by atoms with Gasteiger partial charge in [0.15, 0.2) is 0 Å². The Bertz CT molecular complexity index is 797. The second-order valence-corrected chi connectivity index (χ2v) is 7.54. The van der Waals surface area contributed by atoms with E-state index in [2.05, 4.69) is 15.3 Å². The smallest absolute Gasteiger partial charge is 0.259 e. The summed E-state index contributed by atoms with van der Waals surface area (Å²) in [6, 6.07) is 0. The molecule has 2 N–H and O–H groups in total. The Morgan fingerprint density at radius 2 is 2.16 bits per heavy atom. The number of carbonyl (C=O) groups excluding carboxylic acids is 1. The predicted octanol–water partition coefficient (Wildman–Crippen LogP) is 2.34. The van der Waals surface area contributed by atoms with Crippen molar-refractivity contribution in [2.24, 2.45) is 0 Å². The molecule has 1 aliphatic carbocycles. The number of hydrogen-bond donors (Lipinski definition) is 2. The van der Waals surface area contributed by atoms with Crippen molar-refractivity contribution < 1.29 is 9.53 Å². The predicted molar refractivity (Wildman–Crippen MR) is 99.3 cm³/mol. The molecule has 3 rings (SSSR count). The summed E-state index contributed by atoms with van der Waals surface area (Å²) in [6.45, 7) is 1.24. The largest absolute Gasteiger partial charge is 0.385 e. The Balaban J connectivity index is 1.67. The maximum atomic E-state index is 12.5. The first-order valence-electron chi connectivity index (χ1n) is 8.98. The Labute approximate surface area is 151 Å². The van der Waals surface area contributed by atoms with Crippen LogP contribution >= 0.6 is 11.3 Å². The molecule has 0 spiro atoms. The van der Waals surface area contributed by atoms with Crippen molar-refractivity contribution in [2.45, 2.75) is 51.4 Å². The van der Waals surface area contributed by atoms with Crippen molar-refractivity contribution in [3.8, 4) is 0 Å². The van der Waals surface area contributed by atoms with Crippen molar-refractivity contribution in [3.63, 3.8) is 0 Å². The molecule has 1 aliphatic rings. The van der Waals surface area contributed by atoms with Gasteiger partial charge in [-0.2, -0.15) is 0 Å². The number of aryl methyl sites for hydroxylation is 3. The lowest BCUT2D eigenvalue weighted by Gasteiger charge is -2.05. The quantitative estimate of drug-likeness (QED) is 0.584. The minimum Gasteiger partial charge on any atom is -0.385 e. The number of hydrogen-bond acceptors (Lipinski definition) is 5. The first kappa shape index (κ1) is 18.1. The zero-order valence-electron chi connectivity index (χ0n) is 14.7. The van der Waals surface area contributed by atoms with E-state index in [9.17, 15) is 9.59 Å². The van der Waals surface area contributed by atoms with E-state index in [4.69, 9.17) is 4.74 Å². The number of methoxy groups -OCH3 is 1. The van der Waals surface area contributed by atoms with Crippen LogP contribution in [0, 0.1) is 0 Å². The Hall–Kier alpha value is -1.73. The highest BCUT2D eigenvalue weighted by Crippen LogP contribution is 2.32. The highest BCUT2D eigenvalue weighted by molar-refractivity contribution is 7.18. The number of ether oxygens (including phenoxy) is 1. The number of H-pyrrole nitrogens is 1. The number of aromatic amines is 1. The number of aromatic nitrogens is 2. The molecule has 0 saturated heterocycles. The van der Waals surface area contributed by atoms with Gasteiger partial charge < -0.3 is 15.0 Å². The van der Waals surface area contributed by atoms with E-state index >= 15 is 0 Å². The van der Waals surface area contributed by atoms with Gasteiger partial charge in [0, 0.05) is 38.0 Å². The lowest BCUT2D eigenvalue weighted by molar-refractivity contribution is -0.121. The molecule has 0 unspecified atom stereocenters. The fraction of sp³-hybridized carbons (Fsp3) is 0.611. The van der Waals surface area contributed by atoms with Gasteiger partial charge in [0.25, 0.3) is 5.56 Å². The van der Waals surface area contributed by atoms with E-state index in [1.165, 1.54) is 23.3 Å². The molecule has 0 atom stereocenters. The van der Waals surface area contributed by atoms with Gasteiger partial charge in [-0.1, -0.05) is 6.42 Å². The molecule has 2 aromatic rings. The standard InChI is InChI=1S/C18H25N3O3S/c1-24-11-5-10-19-15(22)9-8-14-20-17(23)16-12-6-3-2-4-7-13(12)25-18(16)21-14/h2-11H2,1H3,(H,19,22)(H,20,21,23). The van der Waals surface area contributed by atoms with Crippen molar-refractivity contribution in [2.75, 3.05) is 20.3 Å². The van der Waals surface area contributed by atoms with E-state index < -0.39 is 0 Å². The molecule has 2 heterocycles. The van der Waals surface area contributed by atoms with Gasteiger partial charge in [-0.3, -0.25) is 9.59 Å². The van der Waals surface area contributed by atoms with Crippen LogP contribution < -0.4 is 10.9 Å². The molecule has 7 heteroatoms.